The van der Waals surface area contributed by atoms with Crippen LogP contribution in [0.3, 0.4) is 0 Å². The number of fused-ring (bicyclic) bond motifs is 1. The molecule has 1 aliphatic carbocycles. The Hall–Kier alpha value is -1.89. The summed E-state index contributed by atoms with van der Waals surface area (Å²) >= 11 is 0. The normalized spacial score (nSPS) is 29.1. The lowest BCUT2D eigenvalue weighted by Gasteiger charge is -2.54. The summed E-state index contributed by atoms with van der Waals surface area (Å²) in [5, 5.41) is 0. The number of ether oxygens (including phenoxy) is 1. The van der Waals surface area contributed by atoms with E-state index in [1.165, 1.54) is 0 Å². The van der Waals surface area contributed by atoms with E-state index in [-0.39, 0.29) is 18.2 Å². The molecule has 0 bridgehead atoms. The van der Waals surface area contributed by atoms with E-state index >= 15 is 0 Å². The van der Waals surface area contributed by atoms with E-state index < -0.39 is 22.2 Å². The molecule has 2 heterocycles. The summed E-state index contributed by atoms with van der Waals surface area (Å²) in [7, 11) is 0. The van der Waals surface area contributed by atoms with Gasteiger partial charge < -0.3 is 4.74 Å². The SMILES string of the molecule is CC1(C)C=C2C(=O)C(C)(C)C(=O)C(C)(C)C2(OCc2cccnc2)OO1. The van der Waals surface area contributed by atoms with Crippen molar-refractivity contribution in [1.82, 2.24) is 4.98 Å². The average Bonchev–Trinajstić information content (AvgIpc) is 2.58. The fourth-order valence-electron chi connectivity index (χ4n) is 3.65. The van der Waals surface area contributed by atoms with Gasteiger partial charge in [-0.2, -0.15) is 4.89 Å². The van der Waals surface area contributed by atoms with Gasteiger partial charge in [-0.1, -0.05) is 6.07 Å². The summed E-state index contributed by atoms with van der Waals surface area (Å²) in [4.78, 5) is 41.6. The quantitative estimate of drug-likeness (QED) is 0.610. The maximum absolute atomic E-state index is 13.2. The number of rotatable bonds is 3. The second kappa shape index (κ2) is 5.81. The van der Waals surface area contributed by atoms with Crippen molar-refractivity contribution in [3.05, 3.63) is 41.7 Å². The van der Waals surface area contributed by atoms with Gasteiger partial charge in [-0.25, -0.2) is 4.89 Å². The summed E-state index contributed by atoms with van der Waals surface area (Å²) in [6.07, 6.45) is 5.03. The van der Waals surface area contributed by atoms with Crippen LogP contribution in [0.5, 0.6) is 0 Å². The fourth-order valence-corrected chi connectivity index (χ4v) is 3.65. The maximum atomic E-state index is 13.2. The van der Waals surface area contributed by atoms with Crippen LogP contribution in [0.15, 0.2) is 36.2 Å². The van der Waals surface area contributed by atoms with Crippen LogP contribution in [-0.2, 0) is 30.7 Å². The number of hydrogen-bond donors (Lipinski definition) is 0. The first kappa shape index (κ1) is 18.9. The molecule has 1 unspecified atom stereocenters. The zero-order chi connectivity index (χ0) is 19.4. The van der Waals surface area contributed by atoms with Crippen LogP contribution in [0.1, 0.15) is 47.1 Å². The molecule has 0 radical (unpaired) electrons. The maximum Gasteiger partial charge on any atom is 0.243 e. The van der Waals surface area contributed by atoms with Crippen molar-refractivity contribution < 1.29 is 24.1 Å². The third-order valence-electron chi connectivity index (χ3n) is 5.16. The Bertz CT molecular complexity index is 779. The molecule has 0 aromatic carbocycles. The zero-order valence-electron chi connectivity index (χ0n) is 16.1. The molecule has 0 spiro atoms. The first-order chi connectivity index (χ1) is 11.9. The Kier molecular flexibility index (Phi) is 4.22. The third-order valence-corrected chi connectivity index (χ3v) is 5.16. The highest BCUT2D eigenvalue weighted by molar-refractivity contribution is 6.19. The molecule has 1 saturated carbocycles. The van der Waals surface area contributed by atoms with Crippen LogP contribution >= 0.6 is 0 Å². The number of aromatic nitrogens is 1. The Morgan fingerprint density at radius 1 is 1.08 bits per heavy atom. The topological polar surface area (TPSA) is 74.7 Å². The number of nitrogens with zero attached hydrogens (tertiary/aromatic N) is 1. The van der Waals surface area contributed by atoms with Crippen molar-refractivity contribution in [3.63, 3.8) is 0 Å². The second-order valence-electron chi connectivity index (χ2n) is 8.50. The standard InChI is InChI=1S/C20H25NO5/c1-17(2)10-14-15(22)18(3,4)16(23)19(5,6)20(14,26-25-17)24-12-13-8-7-9-21-11-13/h7-11H,12H2,1-6H3. The van der Waals surface area contributed by atoms with Gasteiger partial charge in [0.05, 0.1) is 23.0 Å². The van der Waals surface area contributed by atoms with Crippen LogP contribution in [0.25, 0.3) is 0 Å². The Morgan fingerprint density at radius 3 is 2.38 bits per heavy atom. The number of carbonyl (C=O) groups excluding carboxylic acids is 2. The van der Waals surface area contributed by atoms with Gasteiger partial charge in [0, 0.05) is 12.4 Å². The van der Waals surface area contributed by atoms with E-state index in [2.05, 4.69) is 4.98 Å². The van der Waals surface area contributed by atoms with Crippen molar-refractivity contribution >= 4 is 11.6 Å². The van der Waals surface area contributed by atoms with Crippen LogP contribution < -0.4 is 0 Å². The first-order valence-corrected chi connectivity index (χ1v) is 8.67. The minimum atomic E-state index is -1.61. The summed E-state index contributed by atoms with van der Waals surface area (Å²) in [5.74, 6) is -2.16. The molecule has 0 saturated heterocycles. The molecule has 1 aromatic heterocycles. The second-order valence-corrected chi connectivity index (χ2v) is 8.50. The van der Waals surface area contributed by atoms with Crippen molar-refractivity contribution in [2.24, 2.45) is 10.8 Å². The first-order valence-electron chi connectivity index (χ1n) is 8.67. The summed E-state index contributed by atoms with van der Waals surface area (Å²) < 4.78 is 6.11. The molecular formula is C20H25NO5. The zero-order valence-corrected chi connectivity index (χ0v) is 16.1. The Balaban J connectivity index is 2.11. The monoisotopic (exact) mass is 359 g/mol. The predicted octanol–water partition coefficient (Wildman–Crippen LogP) is 3.17. The largest absolute Gasteiger partial charge is 0.338 e. The molecule has 1 fully saturated rings. The van der Waals surface area contributed by atoms with Gasteiger partial charge in [0.25, 0.3) is 0 Å². The van der Waals surface area contributed by atoms with E-state index in [0.29, 0.717) is 5.57 Å². The van der Waals surface area contributed by atoms with Gasteiger partial charge in [0.2, 0.25) is 5.79 Å². The van der Waals surface area contributed by atoms with Crippen LogP contribution in [0.2, 0.25) is 0 Å². The van der Waals surface area contributed by atoms with Crippen molar-refractivity contribution in [2.45, 2.75) is 59.5 Å². The van der Waals surface area contributed by atoms with Gasteiger partial charge in [-0.15, -0.1) is 0 Å². The lowest BCUT2D eigenvalue weighted by atomic mass is 9.57. The van der Waals surface area contributed by atoms with Gasteiger partial charge in [0.15, 0.2) is 11.6 Å². The lowest BCUT2D eigenvalue weighted by Crippen LogP contribution is -2.67. The number of hydrogen-bond acceptors (Lipinski definition) is 6. The molecule has 1 atom stereocenters. The van der Waals surface area contributed by atoms with Gasteiger partial charge >= 0.3 is 0 Å². The molecule has 140 valence electrons. The molecular weight excluding hydrogens is 334 g/mol. The molecule has 1 aliphatic heterocycles. The predicted molar refractivity (Wildman–Crippen MR) is 93.7 cm³/mol. The molecule has 6 nitrogen and oxygen atoms in total. The van der Waals surface area contributed by atoms with Crippen LogP contribution in [0.4, 0.5) is 0 Å². The Labute approximate surface area is 153 Å². The highest BCUT2D eigenvalue weighted by atomic mass is 17.2. The highest BCUT2D eigenvalue weighted by Gasteiger charge is 2.68. The van der Waals surface area contributed by atoms with E-state index in [1.807, 2.05) is 6.07 Å². The van der Waals surface area contributed by atoms with Gasteiger partial charge in [-0.3, -0.25) is 14.6 Å². The van der Waals surface area contributed by atoms with E-state index in [9.17, 15) is 9.59 Å². The van der Waals surface area contributed by atoms with Crippen molar-refractivity contribution in [3.8, 4) is 0 Å². The summed E-state index contributed by atoms with van der Waals surface area (Å²) in [6, 6.07) is 3.64. The lowest BCUT2D eigenvalue weighted by molar-refractivity contribution is -0.472. The summed E-state index contributed by atoms with van der Waals surface area (Å²) in [5.41, 5.74) is -1.97. The van der Waals surface area contributed by atoms with Crippen molar-refractivity contribution in [1.29, 1.82) is 0 Å². The highest BCUT2D eigenvalue weighted by Crippen LogP contribution is 2.55. The molecule has 0 N–H and O–H groups in total. The number of ketones is 2. The number of Topliss-reactive ketones (excluding diaryl/α,β-unsaturated/α-hetero) is 2. The Morgan fingerprint density at radius 2 is 1.77 bits per heavy atom. The van der Waals surface area contributed by atoms with E-state index in [4.69, 9.17) is 14.5 Å². The molecule has 1 aromatic rings. The molecule has 0 amide bonds. The van der Waals surface area contributed by atoms with Crippen LogP contribution in [0, 0.1) is 10.8 Å². The van der Waals surface area contributed by atoms with Gasteiger partial charge in [0.1, 0.15) is 5.60 Å². The van der Waals surface area contributed by atoms with Crippen LogP contribution in [-0.4, -0.2) is 27.9 Å². The minimum absolute atomic E-state index is 0.124. The van der Waals surface area contributed by atoms with Gasteiger partial charge in [-0.05, 0) is 59.2 Å². The fraction of sp³-hybridized carbons (Fsp3) is 0.550. The number of pyridine rings is 1. The molecule has 3 rings (SSSR count). The summed E-state index contributed by atoms with van der Waals surface area (Å²) in [6.45, 7) is 10.4. The minimum Gasteiger partial charge on any atom is -0.338 e. The molecule has 26 heavy (non-hydrogen) atoms. The van der Waals surface area contributed by atoms with Crippen molar-refractivity contribution in [2.75, 3.05) is 0 Å². The smallest absolute Gasteiger partial charge is 0.243 e. The number of carbonyl (C=O) groups is 2. The average molecular weight is 359 g/mol. The third kappa shape index (κ3) is 2.64. The van der Waals surface area contributed by atoms with E-state index in [1.54, 1.807) is 66.1 Å². The molecule has 2 aliphatic rings. The van der Waals surface area contributed by atoms with E-state index in [0.717, 1.165) is 5.56 Å². The molecule has 6 heteroatoms.